The number of carbonyl (C=O) groups excluding carboxylic acids is 1. The summed E-state index contributed by atoms with van der Waals surface area (Å²) in [5.41, 5.74) is 0. The van der Waals surface area contributed by atoms with Crippen molar-refractivity contribution in [3.63, 3.8) is 0 Å². The van der Waals surface area contributed by atoms with Crippen LogP contribution in [0.4, 0.5) is 0 Å². The molecule has 6 nitrogen and oxygen atoms in total. The van der Waals surface area contributed by atoms with Crippen molar-refractivity contribution in [1.82, 2.24) is 15.5 Å². The first-order chi connectivity index (χ1) is 9.63. The number of carbonyl (C=O) groups is 1. The Labute approximate surface area is 148 Å². The first-order valence-corrected chi connectivity index (χ1v) is 8.01. The van der Waals surface area contributed by atoms with E-state index in [9.17, 15) is 4.79 Å². The van der Waals surface area contributed by atoms with Crippen LogP contribution >= 0.6 is 35.7 Å². The number of amides is 1. The lowest BCUT2D eigenvalue weighted by Crippen LogP contribution is -2.42. The first kappa shape index (κ1) is 20.8. The van der Waals surface area contributed by atoms with Crippen molar-refractivity contribution in [3.8, 4) is 0 Å². The first-order valence-electron chi connectivity index (χ1n) is 6.96. The van der Waals surface area contributed by atoms with Crippen LogP contribution in [0, 0.1) is 0 Å². The number of guanidine groups is 1. The minimum absolute atomic E-state index is 0. The molecule has 8 heteroatoms. The van der Waals surface area contributed by atoms with Crippen LogP contribution in [0.1, 0.15) is 12.8 Å². The number of likely N-dealkylation sites (N-methyl/N-ethyl adjacent to an activating group) is 1. The van der Waals surface area contributed by atoms with Gasteiger partial charge in [0.1, 0.15) is 6.54 Å². The maximum atomic E-state index is 11.6. The fourth-order valence-corrected chi connectivity index (χ4v) is 2.95. The van der Waals surface area contributed by atoms with E-state index in [1.54, 1.807) is 26.1 Å². The van der Waals surface area contributed by atoms with Crippen LogP contribution in [-0.2, 0) is 9.53 Å². The molecule has 1 saturated heterocycles. The van der Waals surface area contributed by atoms with Crippen LogP contribution in [-0.4, -0.2) is 75.2 Å². The van der Waals surface area contributed by atoms with E-state index in [4.69, 9.17) is 4.74 Å². The smallest absolute Gasteiger partial charge is 0.243 e. The van der Waals surface area contributed by atoms with Crippen LogP contribution in [0.5, 0.6) is 0 Å². The molecule has 0 aromatic rings. The third-order valence-corrected chi connectivity index (χ3v) is 4.39. The molecule has 1 aliphatic rings. The summed E-state index contributed by atoms with van der Waals surface area (Å²) in [5.74, 6) is 1.92. The number of hydrogen-bond acceptors (Lipinski definition) is 4. The molecule has 1 aliphatic heterocycles. The Morgan fingerprint density at radius 3 is 2.76 bits per heavy atom. The van der Waals surface area contributed by atoms with Crippen molar-refractivity contribution in [2.75, 3.05) is 53.2 Å². The van der Waals surface area contributed by atoms with Gasteiger partial charge in [-0.3, -0.25) is 4.79 Å². The fourth-order valence-electron chi connectivity index (χ4n) is 1.75. The largest absolute Gasteiger partial charge is 0.383 e. The molecule has 124 valence electrons. The average Bonchev–Trinajstić information content (AvgIpc) is 2.94. The fraction of sp³-hybridized carbons (Fsp3) is 0.846. The van der Waals surface area contributed by atoms with Gasteiger partial charge in [0.25, 0.3) is 0 Å². The molecule has 2 N–H and O–H groups in total. The minimum atomic E-state index is -0.00640. The van der Waals surface area contributed by atoms with E-state index in [0.29, 0.717) is 24.4 Å². The second-order valence-corrected chi connectivity index (χ2v) is 6.30. The molecule has 21 heavy (non-hydrogen) atoms. The lowest BCUT2D eigenvalue weighted by molar-refractivity contribution is -0.127. The summed E-state index contributed by atoms with van der Waals surface area (Å²) in [5, 5.41) is 7.13. The number of aliphatic imine (C=N–C) groups is 1. The highest BCUT2D eigenvalue weighted by atomic mass is 127. The van der Waals surface area contributed by atoms with E-state index < -0.39 is 0 Å². The van der Waals surface area contributed by atoms with Crippen LogP contribution in [0.3, 0.4) is 0 Å². The van der Waals surface area contributed by atoms with E-state index in [0.717, 1.165) is 6.54 Å². The van der Waals surface area contributed by atoms with Gasteiger partial charge in [-0.2, -0.15) is 11.8 Å². The predicted octanol–water partition coefficient (Wildman–Crippen LogP) is 0.770. The van der Waals surface area contributed by atoms with Crippen molar-refractivity contribution in [3.05, 3.63) is 0 Å². The van der Waals surface area contributed by atoms with Gasteiger partial charge in [0, 0.05) is 39.5 Å². The number of rotatable bonds is 7. The summed E-state index contributed by atoms with van der Waals surface area (Å²) in [7, 11) is 5.13. The molecule has 1 unspecified atom stereocenters. The summed E-state index contributed by atoms with van der Waals surface area (Å²) < 4.78 is 5.01. The van der Waals surface area contributed by atoms with Gasteiger partial charge in [-0.1, -0.05) is 0 Å². The molecular formula is C13H27IN4O2S. The molecule has 0 radical (unpaired) electrons. The SMILES string of the molecule is COCCNC(=NCC(=O)N(C)C)NCC1CCCS1.I. The van der Waals surface area contributed by atoms with Gasteiger partial charge in [0.05, 0.1) is 6.61 Å². The second kappa shape index (κ2) is 12.3. The quantitative estimate of drug-likeness (QED) is 0.271. The van der Waals surface area contributed by atoms with Gasteiger partial charge in [-0.05, 0) is 18.6 Å². The van der Waals surface area contributed by atoms with Crippen LogP contribution in [0.2, 0.25) is 0 Å². The van der Waals surface area contributed by atoms with Gasteiger partial charge >= 0.3 is 0 Å². The maximum absolute atomic E-state index is 11.6. The van der Waals surface area contributed by atoms with E-state index >= 15 is 0 Å². The van der Waals surface area contributed by atoms with E-state index in [2.05, 4.69) is 15.6 Å². The molecule has 0 spiro atoms. The molecule has 1 atom stereocenters. The normalized spacial score (nSPS) is 18.0. The number of ether oxygens (including phenoxy) is 1. The van der Waals surface area contributed by atoms with Gasteiger partial charge in [0.15, 0.2) is 5.96 Å². The summed E-state index contributed by atoms with van der Waals surface area (Å²) >= 11 is 2.00. The minimum Gasteiger partial charge on any atom is -0.383 e. The molecule has 1 fully saturated rings. The average molecular weight is 430 g/mol. The number of nitrogens with zero attached hydrogens (tertiary/aromatic N) is 2. The van der Waals surface area contributed by atoms with Crippen LogP contribution < -0.4 is 10.6 Å². The Morgan fingerprint density at radius 1 is 1.43 bits per heavy atom. The Hall–Kier alpha value is -0.220. The molecule has 0 bridgehead atoms. The highest BCUT2D eigenvalue weighted by molar-refractivity contribution is 14.0. The summed E-state index contributed by atoms with van der Waals surface area (Å²) in [6.45, 7) is 2.34. The Morgan fingerprint density at radius 2 is 2.19 bits per heavy atom. The third kappa shape index (κ3) is 9.41. The number of nitrogens with one attached hydrogen (secondary N) is 2. The Kier molecular flexibility index (Phi) is 12.2. The van der Waals surface area contributed by atoms with Crippen molar-refractivity contribution in [1.29, 1.82) is 0 Å². The van der Waals surface area contributed by atoms with Gasteiger partial charge in [-0.15, -0.1) is 24.0 Å². The number of thioether (sulfide) groups is 1. The standard InChI is InChI=1S/C13H26N4O2S.HI/c1-17(2)12(18)10-16-13(14-6-7-19-3)15-9-11-5-4-8-20-11;/h11H,4-10H2,1-3H3,(H2,14,15,16);1H. The molecule has 0 aromatic carbocycles. The predicted molar refractivity (Wildman–Crippen MR) is 99.8 cm³/mol. The topological polar surface area (TPSA) is 66.0 Å². The molecule has 0 saturated carbocycles. The molecule has 0 aromatic heterocycles. The van der Waals surface area contributed by atoms with Crippen LogP contribution in [0.15, 0.2) is 4.99 Å². The second-order valence-electron chi connectivity index (χ2n) is 4.89. The number of hydrogen-bond donors (Lipinski definition) is 2. The van der Waals surface area contributed by atoms with E-state index in [-0.39, 0.29) is 36.4 Å². The molecule has 1 rings (SSSR count). The summed E-state index contributed by atoms with van der Waals surface area (Å²) in [4.78, 5) is 17.4. The monoisotopic (exact) mass is 430 g/mol. The van der Waals surface area contributed by atoms with Crippen molar-refractivity contribution >= 4 is 47.6 Å². The van der Waals surface area contributed by atoms with Crippen molar-refractivity contribution in [2.24, 2.45) is 4.99 Å². The van der Waals surface area contributed by atoms with Gasteiger partial charge in [0.2, 0.25) is 5.91 Å². The Bertz CT molecular complexity index is 323. The summed E-state index contributed by atoms with van der Waals surface area (Å²) in [6, 6.07) is 0. The van der Waals surface area contributed by atoms with Crippen molar-refractivity contribution in [2.45, 2.75) is 18.1 Å². The molecule has 0 aliphatic carbocycles. The highest BCUT2D eigenvalue weighted by Gasteiger charge is 2.15. The lowest BCUT2D eigenvalue weighted by Gasteiger charge is -2.15. The zero-order valence-electron chi connectivity index (χ0n) is 13.1. The highest BCUT2D eigenvalue weighted by Crippen LogP contribution is 2.25. The van der Waals surface area contributed by atoms with Gasteiger partial charge < -0.3 is 20.3 Å². The van der Waals surface area contributed by atoms with E-state index in [1.807, 2.05) is 11.8 Å². The number of methoxy groups -OCH3 is 1. The molecular weight excluding hydrogens is 403 g/mol. The van der Waals surface area contributed by atoms with Gasteiger partial charge in [-0.25, -0.2) is 4.99 Å². The Balaban J connectivity index is 0.00000400. The number of halogens is 1. The lowest BCUT2D eigenvalue weighted by atomic mass is 10.2. The van der Waals surface area contributed by atoms with Crippen molar-refractivity contribution < 1.29 is 9.53 Å². The molecule has 1 heterocycles. The maximum Gasteiger partial charge on any atom is 0.243 e. The third-order valence-electron chi connectivity index (χ3n) is 2.99. The van der Waals surface area contributed by atoms with E-state index in [1.165, 1.54) is 18.6 Å². The van der Waals surface area contributed by atoms with Crippen LogP contribution in [0.25, 0.3) is 0 Å². The zero-order chi connectivity index (χ0) is 14.8. The molecule has 1 amide bonds. The summed E-state index contributed by atoms with van der Waals surface area (Å²) in [6.07, 6.45) is 2.54. The zero-order valence-corrected chi connectivity index (χ0v) is 16.2.